The molecule has 1 aromatic rings. The molecule has 0 aromatic heterocycles. The highest BCUT2D eigenvalue weighted by Gasteiger charge is 2.74. The van der Waals surface area contributed by atoms with Crippen molar-refractivity contribution in [2.45, 2.75) is 54.8 Å². The van der Waals surface area contributed by atoms with Crippen molar-refractivity contribution in [3.63, 3.8) is 0 Å². The van der Waals surface area contributed by atoms with Gasteiger partial charge in [0.15, 0.2) is 0 Å². The van der Waals surface area contributed by atoms with Crippen LogP contribution in [0.25, 0.3) is 0 Å². The molecule has 2 unspecified atom stereocenters. The Labute approximate surface area is 192 Å². The van der Waals surface area contributed by atoms with E-state index in [0.717, 1.165) is 5.56 Å². The summed E-state index contributed by atoms with van der Waals surface area (Å²) < 4.78 is -0.793. The fraction of sp³-hybridized carbons (Fsp3) is 0.542. The zero-order chi connectivity index (χ0) is 23.2. The van der Waals surface area contributed by atoms with Crippen LogP contribution in [-0.4, -0.2) is 73.0 Å². The third kappa shape index (κ3) is 3.27. The van der Waals surface area contributed by atoms with Crippen molar-refractivity contribution >= 4 is 29.5 Å². The van der Waals surface area contributed by atoms with Gasteiger partial charge in [-0.3, -0.25) is 14.4 Å². The molecule has 3 heterocycles. The van der Waals surface area contributed by atoms with Gasteiger partial charge in [-0.15, -0.1) is 18.3 Å². The van der Waals surface area contributed by atoms with Crippen LogP contribution in [0.4, 0.5) is 0 Å². The molecule has 3 aliphatic heterocycles. The first-order chi connectivity index (χ1) is 15.3. The molecule has 172 valence electrons. The molecule has 6 atom stereocenters. The summed E-state index contributed by atoms with van der Waals surface area (Å²) in [7, 11) is 0. The summed E-state index contributed by atoms with van der Waals surface area (Å²) in [5, 5.41) is 20.1. The number of hydrogen-bond acceptors (Lipinski definition) is 5. The van der Waals surface area contributed by atoms with Gasteiger partial charge in [-0.2, -0.15) is 0 Å². The molecule has 7 nitrogen and oxygen atoms in total. The second kappa shape index (κ2) is 8.56. The lowest BCUT2D eigenvalue weighted by Crippen LogP contribution is -2.56. The van der Waals surface area contributed by atoms with Crippen molar-refractivity contribution in [1.82, 2.24) is 9.80 Å². The van der Waals surface area contributed by atoms with Crippen molar-refractivity contribution in [3.8, 4) is 0 Å². The van der Waals surface area contributed by atoms with Gasteiger partial charge in [0.05, 0.1) is 29.2 Å². The van der Waals surface area contributed by atoms with Crippen LogP contribution < -0.4 is 0 Å². The van der Waals surface area contributed by atoms with E-state index in [-0.39, 0.29) is 29.7 Å². The molecule has 2 N–H and O–H groups in total. The summed E-state index contributed by atoms with van der Waals surface area (Å²) in [6, 6.07) is 7.48. The van der Waals surface area contributed by atoms with Crippen LogP contribution in [0.3, 0.4) is 0 Å². The predicted octanol–water partition coefficient (Wildman–Crippen LogP) is 2.32. The number of rotatable bonds is 8. The standard InChI is InChI=1S/C24H30N2O5S/c1-4-12-25(14(2)3)22(29)20-24-11-10-17(32-24)18(23(30)31)19(24)21(28)26(20)16(13-27)15-8-6-5-7-9-15/h4-9,14,16-20,27H,1,10-13H2,2-3H3,(H,30,31)/t16-,17-,18+,19+,20?,24?/m1/s1. The van der Waals surface area contributed by atoms with Gasteiger partial charge in [-0.05, 0) is 32.3 Å². The monoisotopic (exact) mass is 458 g/mol. The van der Waals surface area contributed by atoms with E-state index >= 15 is 0 Å². The highest BCUT2D eigenvalue weighted by molar-refractivity contribution is 8.02. The van der Waals surface area contributed by atoms with Crippen LogP contribution in [0.1, 0.15) is 38.3 Å². The molecule has 3 aliphatic rings. The molecule has 8 heteroatoms. The molecule has 32 heavy (non-hydrogen) atoms. The Morgan fingerprint density at radius 2 is 2.03 bits per heavy atom. The Hall–Kier alpha value is -2.32. The third-order valence-electron chi connectivity index (χ3n) is 7.18. The lowest BCUT2D eigenvalue weighted by molar-refractivity contribution is -0.150. The van der Waals surface area contributed by atoms with Gasteiger partial charge in [0, 0.05) is 17.8 Å². The molecule has 0 aliphatic carbocycles. The summed E-state index contributed by atoms with van der Waals surface area (Å²) >= 11 is 1.50. The summed E-state index contributed by atoms with van der Waals surface area (Å²) in [5.41, 5.74) is 0.726. The third-order valence-corrected chi connectivity index (χ3v) is 9.13. The Morgan fingerprint density at radius 3 is 2.59 bits per heavy atom. The number of thioether (sulfide) groups is 1. The zero-order valence-electron chi connectivity index (χ0n) is 18.4. The molecule has 1 aromatic carbocycles. The molecular weight excluding hydrogens is 428 g/mol. The zero-order valence-corrected chi connectivity index (χ0v) is 19.2. The second-order valence-electron chi connectivity index (χ2n) is 9.12. The average molecular weight is 459 g/mol. The van der Waals surface area contributed by atoms with Crippen LogP contribution in [0.15, 0.2) is 43.0 Å². The fourth-order valence-electron chi connectivity index (χ4n) is 5.87. The van der Waals surface area contributed by atoms with Crippen LogP contribution in [0.5, 0.6) is 0 Å². The van der Waals surface area contributed by atoms with Gasteiger partial charge in [0.2, 0.25) is 11.8 Å². The number of aliphatic carboxylic acids is 1. The molecule has 2 bridgehead atoms. The van der Waals surface area contributed by atoms with E-state index in [9.17, 15) is 24.6 Å². The first-order valence-electron chi connectivity index (χ1n) is 11.1. The molecule has 0 saturated carbocycles. The van der Waals surface area contributed by atoms with Crippen molar-refractivity contribution in [1.29, 1.82) is 0 Å². The summed E-state index contributed by atoms with van der Waals surface area (Å²) in [6.45, 7) is 7.59. The van der Waals surface area contributed by atoms with E-state index in [4.69, 9.17) is 0 Å². The maximum atomic E-state index is 14.0. The maximum Gasteiger partial charge on any atom is 0.308 e. The quantitative estimate of drug-likeness (QED) is 0.580. The number of carbonyl (C=O) groups is 3. The Morgan fingerprint density at radius 1 is 1.34 bits per heavy atom. The normalized spacial score (nSPS) is 31.6. The van der Waals surface area contributed by atoms with E-state index < -0.39 is 34.6 Å². The van der Waals surface area contributed by atoms with Gasteiger partial charge >= 0.3 is 5.97 Å². The number of aliphatic hydroxyl groups excluding tert-OH is 1. The summed E-state index contributed by atoms with van der Waals surface area (Å²) in [6.07, 6.45) is 2.94. The topological polar surface area (TPSA) is 98.2 Å². The highest BCUT2D eigenvalue weighted by atomic mass is 32.2. The molecule has 3 saturated heterocycles. The number of fused-ring (bicyclic) bond motifs is 1. The van der Waals surface area contributed by atoms with Crippen molar-refractivity contribution in [3.05, 3.63) is 48.6 Å². The molecular formula is C24H30N2O5S. The Balaban J connectivity index is 1.85. The number of carboxylic acid groups (broad SMARTS) is 1. The minimum atomic E-state index is -0.984. The second-order valence-corrected chi connectivity index (χ2v) is 10.7. The van der Waals surface area contributed by atoms with Gasteiger partial charge in [0.25, 0.3) is 0 Å². The highest BCUT2D eigenvalue weighted by Crippen LogP contribution is 2.67. The van der Waals surface area contributed by atoms with Gasteiger partial charge < -0.3 is 20.0 Å². The van der Waals surface area contributed by atoms with E-state index in [0.29, 0.717) is 19.4 Å². The lowest BCUT2D eigenvalue weighted by Gasteiger charge is -2.40. The first-order valence-corrected chi connectivity index (χ1v) is 12.0. The maximum absolute atomic E-state index is 14.0. The number of carbonyl (C=O) groups excluding carboxylic acids is 2. The van der Waals surface area contributed by atoms with Crippen LogP contribution in [0.2, 0.25) is 0 Å². The Bertz CT molecular complexity index is 922. The van der Waals surface area contributed by atoms with Crippen molar-refractivity contribution in [2.75, 3.05) is 13.2 Å². The number of nitrogens with zero attached hydrogens (tertiary/aromatic N) is 2. The number of hydrogen-bond donors (Lipinski definition) is 2. The van der Waals surface area contributed by atoms with E-state index in [2.05, 4.69) is 6.58 Å². The summed E-state index contributed by atoms with van der Waals surface area (Å²) in [5.74, 6) is -3.11. The number of aliphatic hydroxyl groups is 1. The van der Waals surface area contributed by atoms with Gasteiger partial charge in [-0.25, -0.2) is 0 Å². The molecule has 4 rings (SSSR count). The van der Waals surface area contributed by atoms with Crippen LogP contribution >= 0.6 is 11.8 Å². The largest absolute Gasteiger partial charge is 0.481 e. The van der Waals surface area contributed by atoms with E-state index in [1.807, 2.05) is 44.2 Å². The van der Waals surface area contributed by atoms with Gasteiger partial charge in [0.1, 0.15) is 6.04 Å². The molecule has 0 radical (unpaired) electrons. The fourth-order valence-corrected chi connectivity index (χ4v) is 8.06. The Kier molecular flexibility index (Phi) is 6.11. The van der Waals surface area contributed by atoms with Crippen molar-refractivity contribution in [2.24, 2.45) is 11.8 Å². The lowest BCUT2D eigenvalue weighted by atomic mass is 9.71. The number of likely N-dealkylation sites (tertiary alicyclic amines) is 1. The van der Waals surface area contributed by atoms with E-state index in [1.54, 1.807) is 11.0 Å². The minimum absolute atomic E-state index is 0.115. The molecule has 2 amide bonds. The predicted molar refractivity (Wildman–Crippen MR) is 122 cm³/mol. The molecule has 3 fully saturated rings. The average Bonchev–Trinajstić information content (AvgIpc) is 3.41. The number of carboxylic acids is 1. The first kappa shape index (κ1) is 22.9. The smallest absolute Gasteiger partial charge is 0.308 e. The molecule has 1 spiro atoms. The van der Waals surface area contributed by atoms with Crippen LogP contribution in [0, 0.1) is 11.8 Å². The number of benzene rings is 1. The van der Waals surface area contributed by atoms with Crippen molar-refractivity contribution < 1.29 is 24.6 Å². The van der Waals surface area contributed by atoms with E-state index in [1.165, 1.54) is 16.7 Å². The van der Waals surface area contributed by atoms with Gasteiger partial charge in [-0.1, -0.05) is 36.4 Å². The van der Waals surface area contributed by atoms with Crippen LogP contribution in [-0.2, 0) is 14.4 Å². The summed E-state index contributed by atoms with van der Waals surface area (Å²) in [4.78, 5) is 43.3. The SMILES string of the molecule is C=CCN(C(=O)C1N([C@H](CO)c2ccccc2)C(=O)[C@@H]2[C@@H](C(=O)O)[C@H]3CCC12S3)C(C)C. The number of amides is 2. The minimum Gasteiger partial charge on any atom is -0.481 e.